The van der Waals surface area contributed by atoms with E-state index in [-0.39, 0.29) is 5.75 Å². The Morgan fingerprint density at radius 1 is 1.02 bits per heavy atom. The molecule has 0 spiro atoms. The topological polar surface area (TPSA) is 144 Å². The molecular weight excluding hydrogens is 532 g/mol. The summed E-state index contributed by atoms with van der Waals surface area (Å²) in [6.07, 6.45) is 1.91. The minimum atomic E-state index is -3.64. The maximum absolute atomic E-state index is 11.6. The Kier molecular flexibility index (Phi) is 8.43. The summed E-state index contributed by atoms with van der Waals surface area (Å²) in [4.78, 5) is 20.8. The predicted octanol–water partition coefficient (Wildman–Crippen LogP) is 3.86. The van der Waals surface area contributed by atoms with Gasteiger partial charge in [-0.05, 0) is 65.9 Å². The third-order valence-corrected chi connectivity index (χ3v) is 6.71. The molecule has 3 aromatic carbocycles. The Morgan fingerprint density at radius 2 is 1.68 bits per heavy atom. The largest absolute Gasteiger partial charge is 0.494 e. The van der Waals surface area contributed by atoms with Gasteiger partial charge in [-0.3, -0.25) is 14.7 Å². The average Bonchev–Trinajstić information content (AvgIpc) is 3.22. The number of carboxylic acids is 1. The number of aliphatic carboxylic acids is 1. The van der Waals surface area contributed by atoms with Gasteiger partial charge >= 0.3 is 10.1 Å². The Labute approximate surface area is 233 Å². The summed E-state index contributed by atoms with van der Waals surface area (Å²) in [7, 11) is -3.64. The van der Waals surface area contributed by atoms with E-state index in [1.165, 1.54) is 0 Å². The van der Waals surface area contributed by atoms with Crippen LogP contribution in [-0.4, -0.2) is 62.1 Å². The van der Waals surface area contributed by atoms with Gasteiger partial charge in [0.15, 0.2) is 11.5 Å². The third-order valence-electron chi connectivity index (χ3n) is 6.22. The number of hydrogen-bond donors (Lipinski definition) is 2. The number of benzene rings is 3. The molecule has 3 aromatic rings. The van der Waals surface area contributed by atoms with Gasteiger partial charge in [-0.1, -0.05) is 42.5 Å². The summed E-state index contributed by atoms with van der Waals surface area (Å²) in [6, 6.07) is 23.0. The fourth-order valence-electron chi connectivity index (χ4n) is 4.76. The van der Waals surface area contributed by atoms with Crippen molar-refractivity contribution in [2.24, 2.45) is 15.7 Å². The highest BCUT2D eigenvalue weighted by Gasteiger charge is 2.49. The van der Waals surface area contributed by atoms with Crippen LogP contribution in [0.5, 0.6) is 11.5 Å². The molecule has 40 heavy (non-hydrogen) atoms. The van der Waals surface area contributed by atoms with Crippen LogP contribution in [0.15, 0.2) is 82.8 Å². The minimum absolute atomic E-state index is 0.232. The van der Waals surface area contributed by atoms with Crippen LogP contribution >= 0.6 is 0 Å². The smallest absolute Gasteiger partial charge is 0.306 e. The van der Waals surface area contributed by atoms with Crippen LogP contribution < -0.4 is 14.7 Å². The van der Waals surface area contributed by atoms with E-state index in [1.54, 1.807) is 12.1 Å². The molecule has 0 amide bonds. The second-order valence-corrected chi connectivity index (χ2v) is 10.8. The van der Waals surface area contributed by atoms with Crippen LogP contribution in [0.3, 0.4) is 0 Å². The van der Waals surface area contributed by atoms with Crippen molar-refractivity contribution in [3.8, 4) is 22.6 Å². The van der Waals surface area contributed by atoms with Crippen LogP contribution in [0.4, 0.5) is 0 Å². The number of carboxylic acid groups (broad SMARTS) is 1. The molecule has 2 aliphatic heterocycles. The van der Waals surface area contributed by atoms with Crippen molar-refractivity contribution in [3.05, 3.63) is 83.9 Å². The van der Waals surface area contributed by atoms with E-state index in [9.17, 15) is 8.42 Å². The quantitative estimate of drug-likeness (QED) is 0.412. The summed E-state index contributed by atoms with van der Waals surface area (Å²) in [5.41, 5.74) is 9.21. The number of guanidine groups is 1. The standard InChI is InChI=1S/C27H28N4O4S.C2H4O2/c1-3-34-24-10-5-8-20(18-24)19-7-4-9-22(17-19)27(25-29-15-6-16-31(25)26(28)30-27)21-11-13-23(14-12-21)35-36(2,32)33;1-2(3)4/h4-5,7-14,17-18H,3,6,15-16H2,1-2H3,(H2,28,30);1H3,(H,3,4). The molecule has 0 aromatic heterocycles. The van der Waals surface area contributed by atoms with Gasteiger partial charge in [0.05, 0.1) is 12.9 Å². The fraction of sp³-hybridized carbons (Fsp3) is 0.276. The molecule has 1 atom stereocenters. The molecule has 10 nitrogen and oxygen atoms in total. The SMILES string of the molecule is CC(=O)O.CCOc1cccc(-c2cccc(C3(c4ccc(OS(C)(=O)=O)cc4)N=C(N)N4CCCN=C43)c2)c1. The Balaban J connectivity index is 0.000000867. The Hall–Kier alpha value is -4.38. The zero-order valence-electron chi connectivity index (χ0n) is 22.6. The third kappa shape index (κ3) is 6.26. The first-order valence-corrected chi connectivity index (χ1v) is 14.6. The van der Waals surface area contributed by atoms with Gasteiger partial charge in [-0.2, -0.15) is 8.42 Å². The van der Waals surface area contributed by atoms with Crippen LogP contribution in [0.1, 0.15) is 31.4 Å². The summed E-state index contributed by atoms with van der Waals surface area (Å²) in [6.45, 7) is 5.06. The van der Waals surface area contributed by atoms with E-state index in [4.69, 9.17) is 34.5 Å². The second kappa shape index (κ2) is 11.8. The first-order chi connectivity index (χ1) is 19.0. The van der Waals surface area contributed by atoms with Gasteiger partial charge in [-0.25, -0.2) is 4.99 Å². The maximum Gasteiger partial charge on any atom is 0.306 e. The second-order valence-electron chi connectivity index (χ2n) is 9.26. The highest BCUT2D eigenvalue weighted by molar-refractivity contribution is 7.86. The van der Waals surface area contributed by atoms with Gasteiger partial charge in [0, 0.05) is 20.0 Å². The number of nitrogens with two attached hydrogens (primary N) is 1. The molecule has 0 aliphatic carbocycles. The van der Waals surface area contributed by atoms with Crippen LogP contribution in [-0.2, 0) is 20.5 Å². The molecule has 0 saturated heterocycles. The molecule has 210 valence electrons. The maximum atomic E-state index is 11.6. The average molecular weight is 565 g/mol. The monoisotopic (exact) mass is 564 g/mol. The number of ether oxygens (including phenoxy) is 1. The number of fused-ring (bicyclic) bond motifs is 1. The van der Waals surface area contributed by atoms with Crippen molar-refractivity contribution in [2.75, 3.05) is 26.0 Å². The molecule has 5 rings (SSSR count). The van der Waals surface area contributed by atoms with E-state index in [0.29, 0.717) is 19.1 Å². The van der Waals surface area contributed by atoms with Gasteiger partial charge in [0.1, 0.15) is 17.3 Å². The van der Waals surface area contributed by atoms with Crippen molar-refractivity contribution >= 4 is 27.9 Å². The molecule has 0 bridgehead atoms. The molecule has 0 radical (unpaired) electrons. The summed E-state index contributed by atoms with van der Waals surface area (Å²) >= 11 is 0. The molecule has 3 N–H and O–H groups in total. The molecule has 2 aliphatic rings. The van der Waals surface area contributed by atoms with E-state index in [0.717, 1.165) is 60.0 Å². The van der Waals surface area contributed by atoms with Crippen LogP contribution in [0.25, 0.3) is 11.1 Å². The number of nitrogens with zero attached hydrogens (tertiary/aromatic N) is 3. The van der Waals surface area contributed by atoms with Crippen molar-refractivity contribution in [1.29, 1.82) is 0 Å². The first kappa shape index (κ1) is 28.6. The van der Waals surface area contributed by atoms with Crippen molar-refractivity contribution in [2.45, 2.75) is 25.8 Å². The van der Waals surface area contributed by atoms with Gasteiger partial charge in [0.2, 0.25) is 0 Å². The minimum Gasteiger partial charge on any atom is -0.494 e. The lowest BCUT2D eigenvalue weighted by Gasteiger charge is -2.33. The van der Waals surface area contributed by atoms with E-state index >= 15 is 0 Å². The highest BCUT2D eigenvalue weighted by atomic mass is 32.2. The number of hydrogen-bond acceptors (Lipinski definition) is 9. The molecule has 0 fully saturated rings. The number of carbonyl (C=O) groups is 1. The molecular formula is C29H32N4O6S. The lowest BCUT2D eigenvalue weighted by atomic mass is 9.81. The molecule has 11 heteroatoms. The molecule has 1 unspecified atom stereocenters. The van der Waals surface area contributed by atoms with E-state index in [1.807, 2.05) is 66.4 Å². The van der Waals surface area contributed by atoms with Crippen molar-refractivity contribution in [1.82, 2.24) is 4.90 Å². The molecule has 0 saturated carbocycles. The lowest BCUT2D eigenvalue weighted by molar-refractivity contribution is -0.134. The zero-order valence-corrected chi connectivity index (χ0v) is 23.4. The summed E-state index contributed by atoms with van der Waals surface area (Å²) in [5, 5.41) is 7.42. The van der Waals surface area contributed by atoms with Crippen LogP contribution in [0, 0.1) is 0 Å². The first-order valence-electron chi connectivity index (χ1n) is 12.7. The van der Waals surface area contributed by atoms with Crippen molar-refractivity contribution in [3.63, 3.8) is 0 Å². The Morgan fingerprint density at radius 3 is 2.33 bits per heavy atom. The van der Waals surface area contributed by atoms with Gasteiger partial charge in [-0.15, -0.1) is 0 Å². The highest BCUT2D eigenvalue weighted by Crippen LogP contribution is 2.43. The molecule has 2 heterocycles. The van der Waals surface area contributed by atoms with Crippen molar-refractivity contribution < 1.29 is 27.2 Å². The van der Waals surface area contributed by atoms with E-state index < -0.39 is 21.6 Å². The number of rotatable bonds is 7. The zero-order chi connectivity index (χ0) is 28.9. The van der Waals surface area contributed by atoms with Gasteiger partial charge in [0.25, 0.3) is 5.97 Å². The lowest BCUT2D eigenvalue weighted by Crippen LogP contribution is -2.46. The summed E-state index contributed by atoms with van der Waals surface area (Å²) < 4.78 is 33.9. The van der Waals surface area contributed by atoms with Crippen LogP contribution in [0.2, 0.25) is 0 Å². The number of aliphatic imine (C=N–C) groups is 2. The summed E-state index contributed by atoms with van der Waals surface area (Å²) in [5.74, 6) is 1.38. The normalized spacial score (nSPS) is 18.0. The van der Waals surface area contributed by atoms with E-state index in [2.05, 4.69) is 6.07 Å². The number of amidine groups is 1. The predicted molar refractivity (Wildman–Crippen MR) is 154 cm³/mol. The van der Waals surface area contributed by atoms with Gasteiger partial charge < -0.3 is 19.8 Å². The fourth-order valence-corrected chi connectivity index (χ4v) is 5.22. The Bertz CT molecular complexity index is 1550.